The van der Waals surface area contributed by atoms with Gasteiger partial charge in [-0.1, -0.05) is 41.6 Å². The Hall–Kier alpha value is -2.71. The van der Waals surface area contributed by atoms with Gasteiger partial charge in [-0.2, -0.15) is 9.29 Å². The molecule has 140 valence electrons. The van der Waals surface area contributed by atoms with Gasteiger partial charge in [0.25, 0.3) is 0 Å². The average Bonchev–Trinajstić information content (AvgIpc) is 3.10. The highest BCUT2D eigenvalue weighted by Gasteiger charge is 2.41. The number of benzene rings is 2. The third-order valence-corrected chi connectivity index (χ3v) is 6.46. The van der Waals surface area contributed by atoms with Crippen LogP contribution in [0.4, 0.5) is 0 Å². The highest BCUT2D eigenvalue weighted by atomic mass is 32.2. The first-order valence-electron chi connectivity index (χ1n) is 8.53. The molecule has 27 heavy (non-hydrogen) atoms. The zero-order valence-corrected chi connectivity index (χ0v) is 15.8. The molecular formula is C19H19N3O4S. The van der Waals surface area contributed by atoms with Crippen LogP contribution in [0.15, 0.2) is 57.9 Å². The van der Waals surface area contributed by atoms with Gasteiger partial charge in [0.2, 0.25) is 21.7 Å². The summed E-state index contributed by atoms with van der Waals surface area (Å²) < 4.78 is 37.8. The molecule has 0 unspecified atom stereocenters. The molecule has 8 heteroatoms. The second-order valence-corrected chi connectivity index (χ2v) is 8.40. The number of hydrogen-bond donors (Lipinski definition) is 0. The fourth-order valence-corrected chi connectivity index (χ4v) is 4.79. The Morgan fingerprint density at radius 2 is 1.89 bits per heavy atom. The van der Waals surface area contributed by atoms with E-state index in [9.17, 15) is 8.42 Å². The zero-order valence-electron chi connectivity index (χ0n) is 15.0. The summed E-state index contributed by atoms with van der Waals surface area (Å²) in [4.78, 5) is 4.60. The maximum atomic E-state index is 12.9. The highest BCUT2D eigenvalue weighted by molar-refractivity contribution is 7.89. The number of sulfonamides is 1. The molecule has 0 aliphatic carbocycles. The summed E-state index contributed by atoms with van der Waals surface area (Å²) in [6.07, 6.45) is 0. The molecule has 0 spiro atoms. The first-order valence-corrected chi connectivity index (χ1v) is 9.97. The first-order chi connectivity index (χ1) is 13.0. The van der Waals surface area contributed by atoms with Crippen molar-refractivity contribution in [1.29, 1.82) is 0 Å². The third kappa shape index (κ3) is 3.22. The second kappa shape index (κ2) is 6.79. The van der Waals surface area contributed by atoms with Gasteiger partial charge in [-0.3, -0.25) is 0 Å². The van der Waals surface area contributed by atoms with Crippen LogP contribution in [0, 0.1) is 6.92 Å². The fourth-order valence-electron chi connectivity index (χ4n) is 3.02. The molecule has 3 aromatic rings. The van der Waals surface area contributed by atoms with E-state index in [4.69, 9.17) is 9.26 Å². The summed E-state index contributed by atoms with van der Waals surface area (Å²) in [5.41, 5.74) is 1.72. The normalized spacial score (nSPS) is 15.5. The molecule has 0 amide bonds. The summed E-state index contributed by atoms with van der Waals surface area (Å²) in [6.45, 7) is 2.45. The first kappa shape index (κ1) is 17.7. The standard InChI is InChI=1S/C19H19N3O4S/c1-13-8-9-16(25-2)17(10-13)27(23,24)22-11-15(12-22)19-20-18(21-26-19)14-6-4-3-5-7-14/h3-10,15H,11-12H2,1-2H3. The molecule has 0 N–H and O–H groups in total. The lowest BCUT2D eigenvalue weighted by atomic mass is 10.0. The molecule has 0 bridgehead atoms. The van der Waals surface area contributed by atoms with E-state index in [1.807, 2.05) is 43.3 Å². The van der Waals surface area contributed by atoms with Crippen LogP contribution in [0.2, 0.25) is 0 Å². The highest BCUT2D eigenvalue weighted by Crippen LogP contribution is 2.35. The van der Waals surface area contributed by atoms with Crippen LogP contribution in [-0.2, 0) is 10.0 Å². The van der Waals surface area contributed by atoms with Gasteiger partial charge in [0, 0.05) is 18.7 Å². The number of aromatic nitrogens is 2. The van der Waals surface area contributed by atoms with Crippen molar-refractivity contribution in [1.82, 2.24) is 14.4 Å². The van der Waals surface area contributed by atoms with Gasteiger partial charge in [0.15, 0.2) is 0 Å². The van der Waals surface area contributed by atoms with E-state index in [1.165, 1.54) is 11.4 Å². The fraction of sp³-hybridized carbons (Fsp3) is 0.263. The molecule has 0 saturated carbocycles. The van der Waals surface area contributed by atoms with Crippen LogP contribution in [-0.4, -0.2) is 43.1 Å². The second-order valence-electron chi connectivity index (χ2n) is 6.50. The SMILES string of the molecule is COc1ccc(C)cc1S(=O)(=O)N1CC(c2nc(-c3ccccc3)no2)C1. The van der Waals surface area contributed by atoms with Crippen LogP contribution in [0.5, 0.6) is 5.75 Å². The van der Waals surface area contributed by atoms with E-state index in [-0.39, 0.29) is 10.8 Å². The van der Waals surface area contributed by atoms with Crippen molar-refractivity contribution in [3.8, 4) is 17.1 Å². The van der Waals surface area contributed by atoms with E-state index in [0.717, 1.165) is 11.1 Å². The molecule has 1 saturated heterocycles. The largest absolute Gasteiger partial charge is 0.495 e. The number of methoxy groups -OCH3 is 1. The Morgan fingerprint density at radius 3 is 2.59 bits per heavy atom. The van der Waals surface area contributed by atoms with Crippen LogP contribution >= 0.6 is 0 Å². The third-order valence-electron chi connectivity index (χ3n) is 4.61. The molecule has 0 atom stereocenters. The van der Waals surface area contributed by atoms with Crippen LogP contribution in [0.25, 0.3) is 11.4 Å². The molecule has 2 heterocycles. The van der Waals surface area contributed by atoms with Gasteiger partial charge < -0.3 is 9.26 Å². The topological polar surface area (TPSA) is 85.5 Å². The maximum Gasteiger partial charge on any atom is 0.246 e. The molecule has 7 nitrogen and oxygen atoms in total. The van der Waals surface area contributed by atoms with Gasteiger partial charge in [-0.05, 0) is 24.6 Å². The smallest absolute Gasteiger partial charge is 0.246 e. The predicted octanol–water partition coefficient (Wildman–Crippen LogP) is 2.84. The minimum atomic E-state index is -3.64. The van der Waals surface area contributed by atoms with Crippen molar-refractivity contribution >= 4 is 10.0 Å². The van der Waals surface area contributed by atoms with E-state index < -0.39 is 10.0 Å². The van der Waals surface area contributed by atoms with E-state index in [0.29, 0.717) is 30.6 Å². The summed E-state index contributed by atoms with van der Waals surface area (Å²) in [7, 11) is -2.17. The molecular weight excluding hydrogens is 366 g/mol. The number of hydrogen-bond acceptors (Lipinski definition) is 6. The molecule has 1 aromatic heterocycles. The van der Waals surface area contributed by atoms with Crippen LogP contribution < -0.4 is 4.74 Å². The van der Waals surface area contributed by atoms with E-state index >= 15 is 0 Å². The molecule has 4 rings (SSSR count). The lowest BCUT2D eigenvalue weighted by molar-refractivity contribution is 0.216. The molecule has 1 aliphatic heterocycles. The van der Waals surface area contributed by atoms with Gasteiger partial charge in [-0.15, -0.1) is 0 Å². The quantitative estimate of drug-likeness (QED) is 0.671. The van der Waals surface area contributed by atoms with Crippen molar-refractivity contribution < 1.29 is 17.7 Å². The van der Waals surface area contributed by atoms with Crippen LogP contribution in [0.1, 0.15) is 17.4 Å². The number of aryl methyl sites for hydroxylation is 1. The number of ether oxygens (including phenoxy) is 1. The van der Waals surface area contributed by atoms with Crippen molar-refractivity contribution in [3.05, 3.63) is 60.0 Å². The number of nitrogens with zero attached hydrogens (tertiary/aromatic N) is 3. The Bertz CT molecular complexity index is 1060. The lowest BCUT2D eigenvalue weighted by Crippen LogP contribution is -2.48. The summed E-state index contributed by atoms with van der Waals surface area (Å²) in [5.74, 6) is 1.19. The van der Waals surface area contributed by atoms with Crippen molar-refractivity contribution in [2.45, 2.75) is 17.7 Å². The van der Waals surface area contributed by atoms with Crippen molar-refractivity contribution in [3.63, 3.8) is 0 Å². The predicted molar refractivity (Wildman–Crippen MR) is 99.0 cm³/mol. The van der Waals surface area contributed by atoms with Gasteiger partial charge in [-0.25, -0.2) is 8.42 Å². The monoisotopic (exact) mass is 385 g/mol. The van der Waals surface area contributed by atoms with E-state index in [2.05, 4.69) is 10.1 Å². The van der Waals surface area contributed by atoms with Gasteiger partial charge >= 0.3 is 0 Å². The summed E-state index contributed by atoms with van der Waals surface area (Å²) >= 11 is 0. The Morgan fingerprint density at radius 1 is 1.15 bits per heavy atom. The molecule has 1 aliphatic rings. The molecule has 2 aromatic carbocycles. The van der Waals surface area contributed by atoms with E-state index in [1.54, 1.807) is 12.1 Å². The average molecular weight is 385 g/mol. The van der Waals surface area contributed by atoms with Crippen molar-refractivity contribution in [2.24, 2.45) is 0 Å². The summed E-state index contributed by atoms with van der Waals surface area (Å²) in [5, 5.41) is 4.00. The zero-order chi connectivity index (χ0) is 19.0. The Labute approximate surface area is 157 Å². The Kier molecular flexibility index (Phi) is 4.45. The van der Waals surface area contributed by atoms with Gasteiger partial charge in [0.05, 0.1) is 13.0 Å². The number of rotatable bonds is 5. The van der Waals surface area contributed by atoms with Crippen LogP contribution in [0.3, 0.4) is 0 Å². The Balaban J connectivity index is 1.51. The maximum absolute atomic E-state index is 12.9. The molecule has 0 radical (unpaired) electrons. The molecule has 1 fully saturated rings. The minimum absolute atomic E-state index is 0.111. The minimum Gasteiger partial charge on any atom is -0.495 e. The van der Waals surface area contributed by atoms with Crippen molar-refractivity contribution in [2.75, 3.05) is 20.2 Å². The summed E-state index contributed by atoms with van der Waals surface area (Å²) in [6, 6.07) is 14.6. The van der Waals surface area contributed by atoms with Gasteiger partial charge in [0.1, 0.15) is 10.6 Å². The lowest BCUT2D eigenvalue weighted by Gasteiger charge is -2.36.